The number of hydrogen-bond acceptors (Lipinski definition) is 4. The van der Waals surface area contributed by atoms with E-state index in [-0.39, 0.29) is 5.78 Å². The van der Waals surface area contributed by atoms with Gasteiger partial charge in [-0.15, -0.1) is 0 Å². The van der Waals surface area contributed by atoms with Crippen LogP contribution in [0.3, 0.4) is 0 Å². The van der Waals surface area contributed by atoms with E-state index in [1.54, 1.807) is 18.5 Å². The molecular weight excluding hydrogens is 228 g/mol. The number of aromatic nitrogens is 1. The van der Waals surface area contributed by atoms with Gasteiger partial charge in [0.15, 0.2) is 5.78 Å². The monoisotopic (exact) mass is 248 g/mol. The summed E-state index contributed by atoms with van der Waals surface area (Å²) in [4.78, 5) is 16.2. The molecule has 0 saturated carbocycles. The Labute approximate surface area is 108 Å². The zero-order chi connectivity index (χ0) is 12.8. The second kappa shape index (κ2) is 6.50. The van der Waals surface area contributed by atoms with Gasteiger partial charge in [-0.2, -0.15) is 0 Å². The highest BCUT2D eigenvalue weighted by Crippen LogP contribution is 2.18. The average molecular weight is 248 g/mol. The molecule has 4 nitrogen and oxygen atoms in total. The Morgan fingerprint density at radius 1 is 1.56 bits per heavy atom. The van der Waals surface area contributed by atoms with E-state index >= 15 is 0 Å². The van der Waals surface area contributed by atoms with Gasteiger partial charge < -0.3 is 10.1 Å². The van der Waals surface area contributed by atoms with Gasteiger partial charge in [0.1, 0.15) is 5.75 Å². The molecule has 1 aliphatic rings. The molecule has 0 amide bonds. The van der Waals surface area contributed by atoms with Crippen molar-refractivity contribution in [1.29, 1.82) is 0 Å². The van der Waals surface area contributed by atoms with Crippen molar-refractivity contribution in [2.75, 3.05) is 19.7 Å². The highest BCUT2D eigenvalue weighted by atomic mass is 16.5. The van der Waals surface area contributed by atoms with Crippen LogP contribution in [0.25, 0.3) is 0 Å². The van der Waals surface area contributed by atoms with Crippen molar-refractivity contribution in [3.8, 4) is 5.75 Å². The van der Waals surface area contributed by atoms with E-state index < -0.39 is 0 Å². The van der Waals surface area contributed by atoms with Crippen LogP contribution in [0.5, 0.6) is 5.75 Å². The highest BCUT2D eigenvalue weighted by molar-refractivity contribution is 5.96. The lowest BCUT2D eigenvalue weighted by atomic mass is 9.98. The molecule has 1 saturated heterocycles. The van der Waals surface area contributed by atoms with Gasteiger partial charge in [-0.1, -0.05) is 6.92 Å². The quantitative estimate of drug-likeness (QED) is 0.783. The fourth-order valence-corrected chi connectivity index (χ4v) is 2.14. The molecule has 0 aromatic carbocycles. The van der Waals surface area contributed by atoms with Gasteiger partial charge in [0.05, 0.1) is 12.8 Å². The summed E-state index contributed by atoms with van der Waals surface area (Å²) in [7, 11) is 0. The molecule has 1 fully saturated rings. The normalized spacial score (nSPS) is 18.8. The third-order valence-electron chi connectivity index (χ3n) is 3.14. The predicted molar refractivity (Wildman–Crippen MR) is 69.9 cm³/mol. The van der Waals surface area contributed by atoms with Crippen LogP contribution in [0.2, 0.25) is 0 Å². The van der Waals surface area contributed by atoms with E-state index in [2.05, 4.69) is 17.2 Å². The van der Waals surface area contributed by atoms with Gasteiger partial charge in [-0.3, -0.25) is 9.78 Å². The van der Waals surface area contributed by atoms with Crippen molar-refractivity contribution in [3.05, 3.63) is 24.0 Å². The molecule has 1 aromatic heterocycles. The molecular formula is C14H20N2O2. The van der Waals surface area contributed by atoms with Gasteiger partial charge in [-0.25, -0.2) is 0 Å². The lowest BCUT2D eigenvalue weighted by Crippen LogP contribution is -2.13. The van der Waals surface area contributed by atoms with Crippen molar-refractivity contribution < 1.29 is 9.53 Å². The molecule has 2 heterocycles. The van der Waals surface area contributed by atoms with Gasteiger partial charge in [0.25, 0.3) is 0 Å². The fourth-order valence-electron chi connectivity index (χ4n) is 2.14. The van der Waals surface area contributed by atoms with Gasteiger partial charge in [0.2, 0.25) is 0 Å². The number of nitrogens with zero attached hydrogens (tertiary/aromatic N) is 1. The van der Waals surface area contributed by atoms with Crippen LogP contribution in [-0.2, 0) is 0 Å². The van der Waals surface area contributed by atoms with Crippen LogP contribution in [0.4, 0.5) is 0 Å². The number of ether oxygens (including phenoxy) is 1. The van der Waals surface area contributed by atoms with Crippen LogP contribution >= 0.6 is 0 Å². The molecule has 1 aliphatic heterocycles. The maximum Gasteiger partial charge on any atom is 0.164 e. The Hall–Kier alpha value is -1.42. The molecule has 2 rings (SSSR count). The Morgan fingerprint density at radius 3 is 3.17 bits per heavy atom. The number of Topliss-reactive ketones (excluding diaryl/α,β-unsaturated/α-hetero) is 1. The number of carbonyl (C=O) groups is 1. The van der Waals surface area contributed by atoms with E-state index in [1.807, 2.05) is 0 Å². The van der Waals surface area contributed by atoms with E-state index in [1.165, 1.54) is 0 Å². The first-order valence-corrected chi connectivity index (χ1v) is 6.61. The van der Waals surface area contributed by atoms with Crippen molar-refractivity contribution in [3.63, 3.8) is 0 Å². The molecule has 0 bridgehead atoms. The first-order chi connectivity index (χ1) is 8.79. The van der Waals surface area contributed by atoms with Crippen LogP contribution in [0.15, 0.2) is 18.5 Å². The summed E-state index contributed by atoms with van der Waals surface area (Å²) in [6.45, 7) is 4.68. The average Bonchev–Trinajstić information content (AvgIpc) is 2.89. The fraction of sp³-hybridized carbons (Fsp3) is 0.571. The molecule has 1 aromatic rings. The molecule has 1 unspecified atom stereocenters. The summed E-state index contributed by atoms with van der Waals surface area (Å²) < 4.78 is 5.49. The van der Waals surface area contributed by atoms with Crippen molar-refractivity contribution in [1.82, 2.24) is 10.3 Å². The molecule has 4 heteroatoms. The molecule has 1 N–H and O–H groups in total. The molecule has 0 spiro atoms. The zero-order valence-corrected chi connectivity index (χ0v) is 10.8. The minimum absolute atomic E-state index is 0.165. The van der Waals surface area contributed by atoms with E-state index in [0.717, 1.165) is 25.9 Å². The standard InChI is InChI=1S/C14H20N2O2/c1-2-5-18-13-7-12(9-16-10-13)14(17)6-11-3-4-15-8-11/h7,9-11,15H,2-6,8H2,1H3. The van der Waals surface area contributed by atoms with E-state index in [0.29, 0.717) is 30.3 Å². The second-order valence-corrected chi connectivity index (χ2v) is 4.74. The molecule has 98 valence electrons. The maximum absolute atomic E-state index is 12.1. The van der Waals surface area contributed by atoms with Crippen LogP contribution < -0.4 is 10.1 Å². The largest absolute Gasteiger partial charge is 0.492 e. The van der Waals surface area contributed by atoms with Crippen LogP contribution in [-0.4, -0.2) is 30.5 Å². The minimum Gasteiger partial charge on any atom is -0.492 e. The number of pyridine rings is 1. The Balaban J connectivity index is 1.96. The first-order valence-electron chi connectivity index (χ1n) is 6.61. The second-order valence-electron chi connectivity index (χ2n) is 4.74. The van der Waals surface area contributed by atoms with Crippen LogP contribution in [0.1, 0.15) is 36.5 Å². The molecule has 18 heavy (non-hydrogen) atoms. The Morgan fingerprint density at radius 2 is 2.44 bits per heavy atom. The smallest absolute Gasteiger partial charge is 0.164 e. The first kappa shape index (κ1) is 13.0. The SMILES string of the molecule is CCCOc1cncc(C(=O)CC2CCNC2)c1. The number of ketones is 1. The minimum atomic E-state index is 0.165. The lowest BCUT2D eigenvalue weighted by molar-refractivity contribution is 0.0963. The van der Waals surface area contributed by atoms with Crippen molar-refractivity contribution >= 4 is 5.78 Å². The Kier molecular flexibility index (Phi) is 4.70. The van der Waals surface area contributed by atoms with E-state index in [4.69, 9.17) is 4.74 Å². The maximum atomic E-state index is 12.1. The number of rotatable bonds is 6. The summed E-state index contributed by atoms with van der Waals surface area (Å²) in [5.74, 6) is 1.32. The molecule has 0 radical (unpaired) electrons. The Bertz CT molecular complexity index is 401. The van der Waals surface area contributed by atoms with Crippen molar-refractivity contribution in [2.45, 2.75) is 26.2 Å². The summed E-state index contributed by atoms with van der Waals surface area (Å²) in [6, 6.07) is 1.80. The number of hydrogen-bond donors (Lipinski definition) is 1. The third kappa shape index (κ3) is 3.53. The molecule has 0 aliphatic carbocycles. The predicted octanol–water partition coefficient (Wildman–Crippen LogP) is 2.05. The van der Waals surface area contributed by atoms with Crippen molar-refractivity contribution in [2.24, 2.45) is 5.92 Å². The van der Waals surface area contributed by atoms with Gasteiger partial charge in [-0.05, 0) is 37.9 Å². The van der Waals surface area contributed by atoms with Gasteiger partial charge >= 0.3 is 0 Å². The topological polar surface area (TPSA) is 51.2 Å². The zero-order valence-electron chi connectivity index (χ0n) is 10.8. The number of nitrogens with one attached hydrogen (secondary N) is 1. The summed E-state index contributed by atoms with van der Waals surface area (Å²) >= 11 is 0. The third-order valence-corrected chi connectivity index (χ3v) is 3.14. The summed E-state index contributed by atoms with van der Waals surface area (Å²) in [5.41, 5.74) is 0.663. The van der Waals surface area contributed by atoms with Crippen LogP contribution in [0, 0.1) is 5.92 Å². The summed E-state index contributed by atoms with van der Waals surface area (Å²) in [5, 5.41) is 3.28. The van der Waals surface area contributed by atoms with Gasteiger partial charge in [0, 0.05) is 18.2 Å². The van der Waals surface area contributed by atoms with E-state index in [9.17, 15) is 4.79 Å². The highest BCUT2D eigenvalue weighted by Gasteiger charge is 2.19. The molecule has 1 atom stereocenters. The number of carbonyl (C=O) groups excluding carboxylic acids is 1. The summed E-state index contributed by atoms with van der Waals surface area (Å²) in [6.07, 6.45) is 5.93. The lowest BCUT2D eigenvalue weighted by Gasteiger charge is -2.08.